The number of oxazole rings is 1. The van der Waals surface area contributed by atoms with Crippen molar-refractivity contribution in [2.24, 2.45) is 5.92 Å². The lowest BCUT2D eigenvalue weighted by molar-refractivity contribution is 0.405. The minimum Gasteiger partial charge on any atom is -0.437 e. The average molecular weight is 226 g/mol. The Hall–Kier alpha value is -0.480. The predicted molar refractivity (Wildman–Crippen MR) is 62.3 cm³/mol. The molecule has 0 bridgehead atoms. The normalized spacial score (nSPS) is 21.9. The second kappa shape index (κ2) is 5.03. The fourth-order valence-corrected chi connectivity index (χ4v) is 2.81. The molecule has 84 valence electrons. The molecule has 1 aromatic rings. The second-order valence-corrected chi connectivity index (χ2v) is 5.12. The molecule has 2 heterocycles. The van der Waals surface area contributed by atoms with Crippen molar-refractivity contribution in [2.45, 2.75) is 31.9 Å². The SMILES string of the molecule is Cc1nc(SCC2CCCNC2)oc1C. The first-order valence-corrected chi connectivity index (χ1v) is 6.52. The first-order valence-electron chi connectivity index (χ1n) is 5.53. The number of aryl methyl sites for hydroxylation is 2. The maximum absolute atomic E-state index is 5.54. The Balaban J connectivity index is 1.81. The maximum Gasteiger partial charge on any atom is 0.256 e. The molecule has 0 saturated carbocycles. The van der Waals surface area contributed by atoms with Gasteiger partial charge in [0, 0.05) is 5.75 Å². The number of hydrogen-bond donors (Lipinski definition) is 1. The van der Waals surface area contributed by atoms with Gasteiger partial charge in [-0.15, -0.1) is 0 Å². The number of nitrogens with one attached hydrogen (secondary N) is 1. The molecular weight excluding hydrogens is 208 g/mol. The summed E-state index contributed by atoms with van der Waals surface area (Å²) < 4.78 is 5.54. The molecule has 1 aromatic heterocycles. The van der Waals surface area contributed by atoms with Crippen LogP contribution >= 0.6 is 11.8 Å². The first kappa shape index (κ1) is 11.0. The molecule has 1 fully saturated rings. The van der Waals surface area contributed by atoms with E-state index in [-0.39, 0.29) is 0 Å². The van der Waals surface area contributed by atoms with Gasteiger partial charge in [-0.25, -0.2) is 4.98 Å². The molecule has 3 nitrogen and oxygen atoms in total. The number of thioether (sulfide) groups is 1. The van der Waals surface area contributed by atoms with Crippen LogP contribution in [0.25, 0.3) is 0 Å². The number of aromatic nitrogens is 1. The largest absolute Gasteiger partial charge is 0.437 e. The summed E-state index contributed by atoms with van der Waals surface area (Å²) in [5, 5.41) is 4.25. The van der Waals surface area contributed by atoms with E-state index < -0.39 is 0 Å². The molecular formula is C11H18N2OS. The monoisotopic (exact) mass is 226 g/mol. The van der Waals surface area contributed by atoms with Crippen molar-refractivity contribution >= 4 is 11.8 Å². The van der Waals surface area contributed by atoms with Gasteiger partial charge in [0.2, 0.25) is 0 Å². The molecule has 1 saturated heterocycles. The molecule has 0 aromatic carbocycles. The highest BCUT2D eigenvalue weighted by Crippen LogP contribution is 2.24. The van der Waals surface area contributed by atoms with Crippen LogP contribution in [0.3, 0.4) is 0 Å². The molecule has 1 unspecified atom stereocenters. The summed E-state index contributed by atoms with van der Waals surface area (Å²) in [6.07, 6.45) is 2.63. The first-order chi connectivity index (χ1) is 7.25. The lowest BCUT2D eigenvalue weighted by atomic mass is 10.0. The van der Waals surface area contributed by atoms with Crippen LogP contribution in [0.2, 0.25) is 0 Å². The van der Waals surface area contributed by atoms with Gasteiger partial charge in [0.1, 0.15) is 5.76 Å². The van der Waals surface area contributed by atoms with E-state index in [1.165, 1.54) is 19.4 Å². The van der Waals surface area contributed by atoms with Crippen molar-refractivity contribution < 1.29 is 4.42 Å². The lowest BCUT2D eigenvalue weighted by Gasteiger charge is -2.21. The third kappa shape index (κ3) is 2.98. The molecule has 15 heavy (non-hydrogen) atoms. The molecule has 0 aliphatic carbocycles. The molecule has 1 N–H and O–H groups in total. The molecule has 1 atom stereocenters. The summed E-state index contributed by atoms with van der Waals surface area (Å²) in [5.74, 6) is 2.84. The van der Waals surface area contributed by atoms with Crippen LogP contribution in [0.5, 0.6) is 0 Å². The molecule has 2 rings (SSSR count). The van der Waals surface area contributed by atoms with Gasteiger partial charge >= 0.3 is 0 Å². The highest BCUT2D eigenvalue weighted by Gasteiger charge is 2.15. The van der Waals surface area contributed by atoms with Crippen LogP contribution < -0.4 is 5.32 Å². The molecule has 1 aliphatic rings. The second-order valence-electron chi connectivity index (χ2n) is 4.14. The fourth-order valence-electron chi connectivity index (χ4n) is 1.76. The number of hydrogen-bond acceptors (Lipinski definition) is 4. The fraction of sp³-hybridized carbons (Fsp3) is 0.727. The van der Waals surface area contributed by atoms with Gasteiger partial charge in [0.15, 0.2) is 0 Å². The van der Waals surface area contributed by atoms with Crippen LogP contribution in [-0.2, 0) is 0 Å². The topological polar surface area (TPSA) is 38.1 Å². The Bertz CT molecular complexity index is 299. The van der Waals surface area contributed by atoms with Gasteiger partial charge in [-0.1, -0.05) is 11.8 Å². The van der Waals surface area contributed by atoms with Gasteiger partial charge in [-0.05, 0) is 45.7 Å². The van der Waals surface area contributed by atoms with E-state index >= 15 is 0 Å². The minimum absolute atomic E-state index is 0.774. The predicted octanol–water partition coefficient (Wildman–Crippen LogP) is 2.38. The molecule has 0 amide bonds. The summed E-state index contributed by atoms with van der Waals surface area (Å²) in [6.45, 7) is 6.28. The number of nitrogens with zero attached hydrogens (tertiary/aromatic N) is 1. The van der Waals surface area contributed by atoms with Crippen molar-refractivity contribution in [1.82, 2.24) is 10.3 Å². The van der Waals surface area contributed by atoms with Crippen molar-refractivity contribution in [3.8, 4) is 0 Å². The summed E-state index contributed by atoms with van der Waals surface area (Å²) in [5.41, 5.74) is 1.01. The van der Waals surface area contributed by atoms with E-state index in [0.717, 1.165) is 34.9 Å². The summed E-state index contributed by atoms with van der Waals surface area (Å²) in [7, 11) is 0. The van der Waals surface area contributed by atoms with E-state index in [0.29, 0.717) is 0 Å². The van der Waals surface area contributed by atoms with E-state index in [9.17, 15) is 0 Å². The Morgan fingerprint density at radius 3 is 3.00 bits per heavy atom. The minimum atomic E-state index is 0.774. The smallest absolute Gasteiger partial charge is 0.256 e. The maximum atomic E-state index is 5.54. The zero-order valence-corrected chi connectivity index (χ0v) is 10.2. The Morgan fingerprint density at radius 2 is 2.40 bits per heavy atom. The summed E-state index contributed by atoms with van der Waals surface area (Å²) in [6, 6.07) is 0. The Labute approximate surface area is 95.0 Å². The van der Waals surface area contributed by atoms with E-state index in [4.69, 9.17) is 4.42 Å². The molecule has 0 radical (unpaired) electrons. The van der Waals surface area contributed by atoms with Crippen molar-refractivity contribution in [3.63, 3.8) is 0 Å². The van der Waals surface area contributed by atoms with E-state index in [2.05, 4.69) is 10.3 Å². The van der Waals surface area contributed by atoms with E-state index in [1.54, 1.807) is 11.8 Å². The summed E-state index contributed by atoms with van der Waals surface area (Å²) in [4.78, 5) is 4.37. The average Bonchev–Trinajstić information content (AvgIpc) is 2.57. The zero-order valence-electron chi connectivity index (χ0n) is 9.38. The standard InChI is InChI=1S/C11H18N2OS/c1-8-9(2)14-11(13-8)15-7-10-4-3-5-12-6-10/h10,12H,3-7H2,1-2H3. The summed E-state index contributed by atoms with van der Waals surface area (Å²) >= 11 is 1.74. The quantitative estimate of drug-likeness (QED) is 0.803. The Kier molecular flexibility index (Phi) is 3.70. The van der Waals surface area contributed by atoms with Crippen LogP contribution in [0.15, 0.2) is 9.64 Å². The van der Waals surface area contributed by atoms with Crippen molar-refractivity contribution in [3.05, 3.63) is 11.5 Å². The van der Waals surface area contributed by atoms with Gasteiger partial charge in [0.25, 0.3) is 5.22 Å². The molecule has 1 aliphatic heterocycles. The van der Waals surface area contributed by atoms with E-state index in [1.807, 2.05) is 13.8 Å². The molecule has 0 spiro atoms. The zero-order chi connectivity index (χ0) is 10.7. The van der Waals surface area contributed by atoms with Crippen LogP contribution in [0.4, 0.5) is 0 Å². The van der Waals surface area contributed by atoms with Gasteiger partial charge in [-0.2, -0.15) is 0 Å². The number of piperidine rings is 1. The third-order valence-electron chi connectivity index (χ3n) is 2.85. The highest BCUT2D eigenvalue weighted by molar-refractivity contribution is 7.99. The van der Waals surface area contributed by atoms with Gasteiger partial charge < -0.3 is 9.73 Å². The van der Waals surface area contributed by atoms with Gasteiger partial charge in [0.05, 0.1) is 5.69 Å². The van der Waals surface area contributed by atoms with Crippen molar-refractivity contribution in [1.29, 1.82) is 0 Å². The van der Waals surface area contributed by atoms with Gasteiger partial charge in [-0.3, -0.25) is 0 Å². The van der Waals surface area contributed by atoms with Crippen LogP contribution in [0, 0.1) is 19.8 Å². The number of rotatable bonds is 3. The van der Waals surface area contributed by atoms with Crippen LogP contribution in [-0.4, -0.2) is 23.8 Å². The highest BCUT2D eigenvalue weighted by atomic mass is 32.2. The van der Waals surface area contributed by atoms with Crippen LogP contribution in [0.1, 0.15) is 24.3 Å². The lowest BCUT2D eigenvalue weighted by Crippen LogP contribution is -2.30. The third-order valence-corrected chi connectivity index (χ3v) is 3.91. The van der Waals surface area contributed by atoms with Crippen molar-refractivity contribution in [2.75, 3.05) is 18.8 Å². The molecule has 4 heteroatoms. The Morgan fingerprint density at radius 1 is 1.53 bits per heavy atom.